The van der Waals surface area contributed by atoms with Crippen LogP contribution < -0.4 is 0 Å². The largest absolute Gasteiger partial charge is 0.109 e. The van der Waals surface area contributed by atoms with E-state index in [2.05, 4.69) is 34.2 Å². The van der Waals surface area contributed by atoms with E-state index in [4.69, 9.17) is 0 Å². The van der Waals surface area contributed by atoms with E-state index >= 15 is 0 Å². The Morgan fingerprint density at radius 3 is 2.70 bits per heavy atom. The molecular weight excluding hydrogens is 238 g/mol. The summed E-state index contributed by atoms with van der Waals surface area (Å²) in [5.41, 5.74) is 0. The summed E-state index contributed by atoms with van der Waals surface area (Å²) < 4.78 is 0. The number of rotatable bonds is 2. The lowest BCUT2D eigenvalue weighted by Gasteiger charge is -1.96. The second kappa shape index (κ2) is 5.18. The molecule has 0 saturated heterocycles. The molecule has 0 amide bonds. The fourth-order valence-corrected chi connectivity index (χ4v) is 22.6. The third kappa shape index (κ3) is 2.84. The van der Waals surface area contributed by atoms with Crippen molar-refractivity contribution in [3.05, 3.63) is 11.2 Å². The summed E-state index contributed by atoms with van der Waals surface area (Å²) in [4.78, 5) is 0. The van der Waals surface area contributed by atoms with Gasteiger partial charge in [0.05, 0.1) is 5.09 Å². The highest BCUT2D eigenvalue weighted by atomic mass is 33.3. The van der Waals surface area contributed by atoms with Crippen LogP contribution in [0.2, 0.25) is 0 Å². The quantitative estimate of drug-likeness (QED) is 0.707. The van der Waals surface area contributed by atoms with Gasteiger partial charge in [0.15, 0.2) is 0 Å². The van der Waals surface area contributed by atoms with Crippen LogP contribution in [0.25, 0.3) is 0 Å². The molecule has 0 aliphatic rings. The third-order valence-electron chi connectivity index (χ3n) is 0.806. The van der Waals surface area contributed by atoms with Crippen LogP contribution in [0.5, 0.6) is 0 Å². The van der Waals surface area contributed by atoms with Gasteiger partial charge in [0, 0.05) is 5.38 Å². The second-order valence-electron chi connectivity index (χ2n) is 1.35. The van der Waals surface area contributed by atoms with E-state index in [0.717, 1.165) is 0 Å². The topological polar surface area (TPSA) is 0 Å². The first kappa shape index (κ1) is 9.57. The molecule has 0 spiro atoms. The lowest BCUT2D eigenvalue weighted by atomic mass is 11.2. The van der Waals surface area contributed by atoms with Crippen molar-refractivity contribution in [3.63, 3.8) is 0 Å². The van der Waals surface area contributed by atoms with Crippen molar-refractivity contribution in [2.45, 2.75) is 0 Å². The molecule has 0 saturated carbocycles. The Morgan fingerprint density at radius 1 is 1.30 bits per heavy atom. The molecule has 1 aromatic rings. The van der Waals surface area contributed by atoms with Gasteiger partial charge in [0.25, 0.3) is 0 Å². The fourth-order valence-electron chi connectivity index (χ4n) is 0.409. The summed E-state index contributed by atoms with van der Waals surface area (Å²) in [7, 11) is 4.16. The maximum Gasteiger partial charge on any atom is 0.0517 e. The van der Waals surface area contributed by atoms with Gasteiger partial charge in [-0.1, -0.05) is 33.3 Å². The maximum atomic E-state index is 2.35. The molecule has 0 bridgehead atoms. The Kier molecular flexibility index (Phi) is 4.96. The van der Waals surface area contributed by atoms with Crippen LogP contribution in [0.15, 0.2) is 11.2 Å². The summed E-state index contributed by atoms with van der Waals surface area (Å²) in [5.74, 6) is 2.48. The fraction of sp³-hybridized carbons (Fsp3) is 0.500. The van der Waals surface area contributed by atoms with E-state index < -0.39 is 0 Å². The van der Waals surface area contributed by atoms with Crippen molar-refractivity contribution in [2.24, 2.45) is 0 Å². The summed E-state index contributed by atoms with van der Waals surface area (Å²) >= 11 is 4.00. The molecule has 0 aromatic carbocycles. The van der Waals surface area contributed by atoms with Crippen LogP contribution in [0.1, 0.15) is 0 Å². The highest BCUT2D eigenvalue weighted by Crippen LogP contribution is 2.59. The monoisotopic (exact) mass is 246 g/mol. The van der Waals surface area contributed by atoms with E-state index in [1.54, 1.807) is 0 Å². The van der Waals surface area contributed by atoms with Crippen molar-refractivity contribution in [1.82, 2.24) is 0 Å². The van der Waals surface area contributed by atoms with Crippen LogP contribution in [0.3, 0.4) is 0 Å². The normalized spacial score (nSPS) is 13.4. The molecule has 1 aromatic heterocycles. The molecule has 0 N–H and O–H groups in total. The van der Waals surface area contributed by atoms with E-state index in [-0.39, 0.29) is 11.0 Å². The average molecular weight is 246 g/mol. The van der Waals surface area contributed by atoms with Crippen LogP contribution in [0, 0.1) is 0 Å². The Morgan fingerprint density at radius 2 is 2.10 bits per heavy atom. The van der Waals surface area contributed by atoms with Gasteiger partial charge in [0.2, 0.25) is 0 Å². The highest BCUT2D eigenvalue weighted by Gasteiger charge is 1.91. The minimum absolute atomic E-state index is 0.125. The summed E-state index contributed by atoms with van der Waals surface area (Å²) in [6.45, 7) is 0. The van der Waals surface area contributed by atoms with Gasteiger partial charge in [-0.25, -0.2) is 0 Å². The first-order valence-corrected chi connectivity index (χ1v) is 12.5. The van der Waals surface area contributed by atoms with Crippen molar-refractivity contribution < 1.29 is 0 Å². The Hall–Kier alpha value is 1.48. The molecule has 0 aliphatic carbocycles. The lowest BCUT2D eigenvalue weighted by Crippen LogP contribution is -1.39. The molecule has 58 valence electrons. The van der Waals surface area contributed by atoms with Gasteiger partial charge in [-0.05, 0) is 24.2 Å². The van der Waals surface area contributed by atoms with Gasteiger partial charge in [-0.15, -0.1) is 10.9 Å². The third-order valence-corrected chi connectivity index (χ3v) is 20.9. The van der Waals surface area contributed by atoms with E-state index in [1.165, 1.54) is 0 Å². The van der Waals surface area contributed by atoms with Gasteiger partial charge in [-0.2, -0.15) is 0 Å². The molecule has 0 nitrogen and oxygen atoms in total. The van der Waals surface area contributed by atoms with Gasteiger partial charge in [-0.3, -0.25) is 0 Å². The van der Waals surface area contributed by atoms with Gasteiger partial charge >= 0.3 is 0 Å². The van der Waals surface area contributed by atoms with Crippen molar-refractivity contribution in [2.75, 3.05) is 12.5 Å². The summed E-state index contributed by atoms with van der Waals surface area (Å²) in [6, 6.07) is 0. The number of hydrogen-bond donors (Lipinski definition) is 0. The zero-order chi connectivity index (χ0) is 7.40. The average Bonchev–Trinajstić information content (AvgIpc) is 2.05. The lowest BCUT2D eigenvalue weighted by molar-refractivity contribution is 2.37. The molecule has 2 unspecified atom stereocenters. The Labute approximate surface area is 78.6 Å². The minimum atomic E-state index is 0.125. The van der Waals surface area contributed by atoms with Gasteiger partial charge < -0.3 is 0 Å². The minimum Gasteiger partial charge on any atom is -0.109 e. The zero-order valence-corrected chi connectivity index (χ0v) is 10.7. The molecular formula is C4H8P2S4. The molecule has 1 heterocycles. The molecule has 0 aliphatic heterocycles. The van der Waals surface area contributed by atoms with Gasteiger partial charge in [0.1, 0.15) is 0 Å². The van der Waals surface area contributed by atoms with Crippen molar-refractivity contribution in [1.29, 1.82) is 0 Å². The Bertz CT molecular complexity index is 197. The van der Waals surface area contributed by atoms with E-state index in [1.807, 2.05) is 33.7 Å². The van der Waals surface area contributed by atoms with Crippen LogP contribution in [0.4, 0.5) is 0 Å². The zero-order valence-electron chi connectivity index (χ0n) is 5.68. The molecule has 1 rings (SSSR count). The van der Waals surface area contributed by atoms with E-state index in [9.17, 15) is 0 Å². The van der Waals surface area contributed by atoms with E-state index in [0.29, 0.717) is 0 Å². The molecule has 10 heavy (non-hydrogen) atoms. The smallest absolute Gasteiger partial charge is 0.0517 e. The molecule has 6 heteroatoms. The highest BCUT2D eigenvalue weighted by molar-refractivity contribution is 8.79. The molecule has 0 radical (unpaired) electrons. The van der Waals surface area contributed by atoms with Crippen LogP contribution >= 0.6 is 55.3 Å². The maximum absolute atomic E-state index is 2.35. The summed E-state index contributed by atoms with van der Waals surface area (Å²) in [6.07, 6.45) is 4.41. The van der Waals surface area contributed by atoms with Crippen molar-refractivity contribution >= 4 is 55.3 Å². The summed E-state index contributed by atoms with van der Waals surface area (Å²) in [5, 5.41) is 2.44. The Balaban J connectivity index is 2.87. The predicted molar refractivity (Wildman–Crippen MR) is 63.1 cm³/mol. The van der Waals surface area contributed by atoms with Crippen LogP contribution in [-0.4, -0.2) is 12.5 Å². The predicted octanol–water partition coefficient (Wildman–Crippen LogP) is 5.16. The van der Waals surface area contributed by atoms with Crippen molar-refractivity contribution in [3.8, 4) is 0 Å². The van der Waals surface area contributed by atoms with Crippen LogP contribution in [-0.2, 0) is 0 Å². The second-order valence-corrected chi connectivity index (χ2v) is 17.2. The SMILES string of the molecule is CSp1ccsp(SC)s1. The first-order valence-electron chi connectivity index (χ1n) is 2.56. The first-order chi connectivity index (χ1) is 4.86. The number of hydrogen-bond acceptors (Lipinski definition) is 4. The standard InChI is InChI=1S/C4H8P2S4/c1-7-5-3-4-9-6(8-2)10-5/h3-4H,1-2H3. The molecule has 0 fully saturated rings. The molecule has 2 atom stereocenters.